The predicted octanol–water partition coefficient (Wildman–Crippen LogP) is 1.29. The van der Waals surface area contributed by atoms with E-state index >= 15 is 0 Å². The second kappa shape index (κ2) is 8.04. The standard InChI is InChI=1S/C14H18ClN5O2/c1-20(2)14(17)19-13(16)18-12(21)7-5-9-4-6-10(15)11(8-9)22-3/h4-8H,1-3H3,(H4,16,17,18,19,21). The minimum Gasteiger partial charge on any atom is -0.495 e. The minimum atomic E-state index is -0.457. The van der Waals surface area contributed by atoms with Gasteiger partial charge in [-0.05, 0) is 23.8 Å². The van der Waals surface area contributed by atoms with E-state index in [2.05, 4.69) is 10.3 Å². The third-order valence-electron chi connectivity index (χ3n) is 2.50. The van der Waals surface area contributed by atoms with Gasteiger partial charge in [0.1, 0.15) is 5.75 Å². The molecule has 0 aliphatic carbocycles. The molecule has 1 aromatic rings. The highest BCUT2D eigenvalue weighted by molar-refractivity contribution is 6.32. The van der Waals surface area contributed by atoms with Crippen molar-refractivity contribution in [3.05, 3.63) is 34.9 Å². The molecule has 0 aromatic heterocycles. The maximum atomic E-state index is 11.7. The first-order valence-corrected chi connectivity index (χ1v) is 6.64. The number of methoxy groups -OCH3 is 1. The lowest BCUT2D eigenvalue weighted by atomic mass is 10.2. The van der Waals surface area contributed by atoms with Gasteiger partial charge in [-0.3, -0.25) is 15.5 Å². The first-order valence-electron chi connectivity index (χ1n) is 6.26. The zero-order valence-corrected chi connectivity index (χ0v) is 13.3. The van der Waals surface area contributed by atoms with Gasteiger partial charge in [-0.2, -0.15) is 4.99 Å². The molecule has 0 saturated carbocycles. The van der Waals surface area contributed by atoms with Gasteiger partial charge in [0.2, 0.25) is 11.9 Å². The summed E-state index contributed by atoms with van der Waals surface area (Å²) in [6.45, 7) is 0. The molecule has 0 unspecified atom stereocenters. The Kier molecular flexibility index (Phi) is 6.40. The van der Waals surface area contributed by atoms with Crippen LogP contribution in [0.5, 0.6) is 5.75 Å². The number of carbonyl (C=O) groups is 1. The Bertz CT molecular complexity index is 626. The fourth-order valence-electron chi connectivity index (χ4n) is 1.36. The second-order valence-corrected chi connectivity index (χ2v) is 4.84. The van der Waals surface area contributed by atoms with Gasteiger partial charge in [0.25, 0.3) is 5.91 Å². The quantitative estimate of drug-likeness (QED) is 0.443. The van der Waals surface area contributed by atoms with Gasteiger partial charge >= 0.3 is 0 Å². The van der Waals surface area contributed by atoms with E-state index < -0.39 is 5.91 Å². The van der Waals surface area contributed by atoms with E-state index in [9.17, 15) is 4.79 Å². The van der Waals surface area contributed by atoms with Crippen molar-refractivity contribution < 1.29 is 9.53 Å². The molecule has 22 heavy (non-hydrogen) atoms. The Labute approximate surface area is 133 Å². The van der Waals surface area contributed by atoms with Crippen LogP contribution in [0.4, 0.5) is 0 Å². The lowest BCUT2D eigenvalue weighted by Gasteiger charge is -2.09. The molecule has 1 amide bonds. The lowest BCUT2D eigenvalue weighted by molar-refractivity contribution is -0.115. The molecule has 1 aromatic carbocycles. The van der Waals surface area contributed by atoms with Crippen molar-refractivity contribution in [1.29, 1.82) is 5.41 Å². The molecular formula is C14H18ClN5O2. The SMILES string of the molecule is COc1cc(C=CC(=O)NC(N)=NC(=N)N(C)C)ccc1Cl. The molecule has 1 rings (SSSR count). The highest BCUT2D eigenvalue weighted by atomic mass is 35.5. The van der Waals surface area contributed by atoms with Gasteiger partial charge in [0.15, 0.2) is 0 Å². The zero-order chi connectivity index (χ0) is 16.7. The van der Waals surface area contributed by atoms with E-state index in [1.54, 1.807) is 38.4 Å². The van der Waals surface area contributed by atoms with Gasteiger partial charge in [-0.25, -0.2) is 0 Å². The molecule has 0 saturated heterocycles. The largest absolute Gasteiger partial charge is 0.495 e. The molecule has 0 bridgehead atoms. The number of aliphatic imine (C=N–C) groups is 1. The van der Waals surface area contributed by atoms with Crippen LogP contribution in [0.2, 0.25) is 5.02 Å². The molecule has 0 aliphatic rings. The molecule has 8 heteroatoms. The molecule has 7 nitrogen and oxygen atoms in total. The fraction of sp³-hybridized carbons (Fsp3) is 0.214. The summed E-state index contributed by atoms with van der Waals surface area (Å²) in [7, 11) is 4.81. The molecule has 0 radical (unpaired) electrons. The van der Waals surface area contributed by atoms with E-state index in [0.29, 0.717) is 10.8 Å². The molecule has 0 heterocycles. The van der Waals surface area contributed by atoms with Crippen molar-refractivity contribution in [3.63, 3.8) is 0 Å². The van der Waals surface area contributed by atoms with E-state index in [0.717, 1.165) is 5.56 Å². The van der Waals surface area contributed by atoms with Crippen LogP contribution < -0.4 is 15.8 Å². The summed E-state index contributed by atoms with van der Waals surface area (Å²) in [6.07, 6.45) is 2.88. The van der Waals surface area contributed by atoms with Crippen LogP contribution in [0.25, 0.3) is 6.08 Å². The van der Waals surface area contributed by atoms with Crippen molar-refractivity contribution in [1.82, 2.24) is 10.2 Å². The van der Waals surface area contributed by atoms with E-state index in [1.807, 2.05) is 0 Å². The number of carbonyl (C=O) groups excluding carboxylic acids is 1. The molecule has 118 valence electrons. The monoisotopic (exact) mass is 323 g/mol. The minimum absolute atomic E-state index is 0.0655. The molecular weight excluding hydrogens is 306 g/mol. The summed E-state index contributed by atoms with van der Waals surface area (Å²) in [4.78, 5) is 16.9. The van der Waals surface area contributed by atoms with E-state index in [4.69, 9.17) is 27.5 Å². The smallest absolute Gasteiger partial charge is 0.250 e. The van der Waals surface area contributed by atoms with Gasteiger partial charge in [0, 0.05) is 20.2 Å². The number of nitrogens with one attached hydrogen (secondary N) is 2. The number of nitrogens with zero attached hydrogens (tertiary/aromatic N) is 2. The van der Waals surface area contributed by atoms with Gasteiger partial charge in [-0.15, -0.1) is 0 Å². The Morgan fingerprint density at radius 1 is 1.50 bits per heavy atom. The van der Waals surface area contributed by atoms with E-state index in [-0.39, 0.29) is 11.9 Å². The van der Waals surface area contributed by atoms with Gasteiger partial charge in [-0.1, -0.05) is 17.7 Å². The van der Waals surface area contributed by atoms with Crippen molar-refractivity contribution in [2.45, 2.75) is 0 Å². The Morgan fingerprint density at radius 2 is 2.18 bits per heavy atom. The Morgan fingerprint density at radius 3 is 2.77 bits per heavy atom. The molecule has 4 N–H and O–H groups in total. The maximum Gasteiger partial charge on any atom is 0.250 e. The number of guanidine groups is 2. The van der Waals surface area contributed by atoms with Crippen LogP contribution in [-0.4, -0.2) is 43.9 Å². The van der Waals surface area contributed by atoms with Crippen molar-refractivity contribution in [2.75, 3.05) is 21.2 Å². The first kappa shape index (κ1) is 17.5. The molecule has 0 spiro atoms. The summed E-state index contributed by atoms with van der Waals surface area (Å²) in [5.41, 5.74) is 6.27. The predicted molar refractivity (Wildman–Crippen MR) is 88.2 cm³/mol. The van der Waals surface area contributed by atoms with Crippen molar-refractivity contribution >= 4 is 35.5 Å². The first-order chi connectivity index (χ1) is 10.3. The number of amides is 1. The Hall–Kier alpha value is -2.54. The van der Waals surface area contributed by atoms with Crippen molar-refractivity contribution in [3.8, 4) is 5.75 Å². The second-order valence-electron chi connectivity index (χ2n) is 4.43. The van der Waals surface area contributed by atoms with Crippen molar-refractivity contribution in [2.24, 2.45) is 10.7 Å². The van der Waals surface area contributed by atoms with Crippen LogP contribution in [0.3, 0.4) is 0 Å². The number of rotatable bonds is 3. The third-order valence-corrected chi connectivity index (χ3v) is 2.82. The summed E-state index contributed by atoms with van der Waals surface area (Å²) in [6, 6.07) is 5.12. The highest BCUT2D eigenvalue weighted by Crippen LogP contribution is 2.25. The average molecular weight is 324 g/mol. The number of nitrogens with two attached hydrogens (primary N) is 1. The zero-order valence-electron chi connectivity index (χ0n) is 12.6. The summed E-state index contributed by atoms with van der Waals surface area (Å²) in [5.74, 6) is -0.155. The topological polar surface area (TPSA) is 104 Å². The lowest BCUT2D eigenvalue weighted by Crippen LogP contribution is -2.37. The normalized spacial score (nSPS) is 11.4. The van der Waals surface area contributed by atoms with Gasteiger partial charge < -0.3 is 15.4 Å². The van der Waals surface area contributed by atoms with Crippen LogP contribution in [0.1, 0.15) is 5.56 Å². The van der Waals surface area contributed by atoms with Crippen LogP contribution in [0.15, 0.2) is 29.3 Å². The molecule has 0 aliphatic heterocycles. The number of hydrogen-bond donors (Lipinski definition) is 3. The fourth-order valence-corrected chi connectivity index (χ4v) is 1.56. The summed E-state index contributed by atoms with van der Waals surface area (Å²) in [5, 5.41) is 10.3. The number of benzene rings is 1. The number of hydrogen-bond acceptors (Lipinski definition) is 3. The highest BCUT2D eigenvalue weighted by Gasteiger charge is 2.03. The average Bonchev–Trinajstić information content (AvgIpc) is 2.46. The van der Waals surface area contributed by atoms with E-state index in [1.165, 1.54) is 18.1 Å². The number of ether oxygens (including phenoxy) is 1. The van der Waals surface area contributed by atoms with Crippen LogP contribution >= 0.6 is 11.6 Å². The number of halogens is 1. The summed E-state index contributed by atoms with van der Waals surface area (Å²) < 4.78 is 5.09. The molecule has 0 fully saturated rings. The third kappa shape index (κ3) is 5.45. The van der Waals surface area contributed by atoms with Crippen LogP contribution in [0, 0.1) is 5.41 Å². The Balaban J connectivity index is 2.70. The van der Waals surface area contributed by atoms with Gasteiger partial charge in [0.05, 0.1) is 12.1 Å². The molecule has 0 atom stereocenters. The maximum absolute atomic E-state index is 11.7. The summed E-state index contributed by atoms with van der Waals surface area (Å²) >= 11 is 5.92. The van der Waals surface area contributed by atoms with Crippen LogP contribution in [-0.2, 0) is 4.79 Å².